The lowest BCUT2D eigenvalue weighted by atomic mass is 10.0. The first-order valence-electron chi connectivity index (χ1n) is 8.90. The number of rotatable bonds is 5. The Bertz CT molecular complexity index is 1100. The van der Waals surface area contributed by atoms with E-state index in [1.165, 1.54) is 15.9 Å². The SMILES string of the molecule is CCc1sc2nc(C)n(C(CC)C(N)=O)c(=O)c2c1-c1ccc(Cl)c(C)c1. The van der Waals surface area contributed by atoms with E-state index in [1.54, 1.807) is 6.92 Å². The molecule has 3 aromatic rings. The van der Waals surface area contributed by atoms with Crippen molar-refractivity contribution >= 4 is 39.1 Å². The van der Waals surface area contributed by atoms with E-state index >= 15 is 0 Å². The summed E-state index contributed by atoms with van der Waals surface area (Å²) >= 11 is 7.70. The number of aryl methyl sites for hydroxylation is 3. The van der Waals surface area contributed by atoms with Crippen LogP contribution in [0.2, 0.25) is 5.02 Å². The first-order chi connectivity index (χ1) is 12.8. The molecule has 2 aromatic heterocycles. The molecule has 1 amide bonds. The lowest BCUT2D eigenvalue weighted by molar-refractivity contribution is -0.121. The molecule has 0 saturated carbocycles. The summed E-state index contributed by atoms with van der Waals surface area (Å²) in [6.45, 7) is 7.57. The fraction of sp³-hybridized carbons (Fsp3) is 0.350. The molecular formula is C20H22ClN3O2S. The zero-order valence-corrected chi connectivity index (χ0v) is 17.4. The van der Waals surface area contributed by atoms with Crippen LogP contribution in [0.5, 0.6) is 0 Å². The Morgan fingerprint density at radius 2 is 2.04 bits per heavy atom. The molecule has 27 heavy (non-hydrogen) atoms. The van der Waals surface area contributed by atoms with Crippen LogP contribution in [-0.4, -0.2) is 15.5 Å². The quantitative estimate of drug-likeness (QED) is 0.686. The Kier molecular flexibility index (Phi) is 5.40. The highest BCUT2D eigenvalue weighted by molar-refractivity contribution is 7.19. The van der Waals surface area contributed by atoms with Crippen LogP contribution in [0.25, 0.3) is 21.3 Å². The van der Waals surface area contributed by atoms with Crippen molar-refractivity contribution in [2.75, 3.05) is 0 Å². The van der Waals surface area contributed by atoms with Gasteiger partial charge in [-0.05, 0) is 49.9 Å². The van der Waals surface area contributed by atoms with Crippen LogP contribution < -0.4 is 11.3 Å². The topological polar surface area (TPSA) is 78.0 Å². The molecule has 0 spiro atoms. The van der Waals surface area contributed by atoms with Crippen LogP contribution in [0.4, 0.5) is 0 Å². The van der Waals surface area contributed by atoms with Gasteiger partial charge < -0.3 is 5.73 Å². The number of carbonyl (C=O) groups excluding carboxylic acids is 1. The average Bonchev–Trinajstić information content (AvgIpc) is 2.99. The lowest BCUT2D eigenvalue weighted by Crippen LogP contribution is -2.35. The minimum atomic E-state index is -0.709. The standard InChI is InChI=1S/C20H22ClN3O2S/c1-5-14(18(22)25)24-11(4)23-19-17(20(24)26)16(15(6-2)27-19)12-7-8-13(21)10(3)9-12/h7-9,14H,5-6H2,1-4H3,(H2,22,25). The molecule has 7 heteroatoms. The number of benzene rings is 1. The van der Waals surface area contributed by atoms with Gasteiger partial charge in [-0.1, -0.05) is 31.5 Å². The predicted molar refractivity (Wildman–Crippen MR) is 112 cm³/mol. The number of halogens is 1. The van der Waals surface area contributed by atoms with Gasteiger partial charge in [0.25, 0.3) is 5.56 Å². The maximum absolute atomic E-state index is 13.4. The number of amides is 1. The van der Waals surface area contributed by atoms with Gasteiger partial charge in [-0.15, -0.1) is 11.3 Å². The second-order valence-corrected chi connectivity index (χ2v) is 8.05. The number of aromatic nitrogens is 2. The Morgan fingerprint density at radius 1 is 1.33 bits per heavy atom. The summed E-state index contributed by atoms with van der Waals surface area (Å²) in [6.07, 6.45) is 1.22. The van der Waals surface area contributed by atoms with Crippen LogP contribution in [0.3, 0.4) is 0 Å². The lowest BCUT2D eigenvalue weighted by Gasteiger charge is -2.17. The number of carbonyl (C=O) groups is 1. The average molecular weight is 404 g/mol. The van der Waals surface area contributed by atoms with Crippen molar-refractivity contribution in [2.24, 2.45) is 5.73 Å². The fourth-order valence-corrected chi connectivity index (χ4v) is 4.73. The van der Waals surface area contributed by atoms with Crippen LogP contribution in [0, 0.1) is 13.8 Å². The number of hydrogen-bond acceptors (Lipinski definition) is 4. The zero-order chi connectivity index (χ0) is 19.9. The largest absolute Gasteiger partial charge is 0.368 e. The molecule has 1 atom stereocenters. The summed E-state index contributed by atoms with van der Waals surface area (Å²) < 4.78 is 1.43. The van der Waals surface area contributed by atoms with Gasteiger partial charge in [0, 0.05) is 15.5 Å². The Balaban J connectivity index is 2.41. The first-order valence-corrected chi connectivity index (χ1v) is 10.1. The third kappa shape index (κ3) is 3.28. The molecule has 0 radical (unpaired) electrons. The molecule has 0 aliphatic carbocycles. The zero-order valence-electron chi connectivity index (χ0n) is 15.8. The minimum absolute atomic E-state index is 0.221. The van der Waals surface area contributed by atoms with Gasteiger partial charge in [-0.25, -0.2) is 4.98 Å². The smallest absolute Gasteiger partial charge is 0.263 e. The van der Waals surface area contributed by atoms with Crippen LogP contribution in [0.1, 0.15) is 42.6 Å². The maximum Gasteiger partial charge on any atom is 0.263 e. The molecule has 142 valence electrons. The summed E-state index contributed by atoms with van der Waals surface area (Å²) in [5.41, 5.74) is 8.07. The Labute approximate surface area is 166 Å². The Morgan fingerprint density at radius 3 is 2.59 bits per heavy atom. The van der Waals surface area contributed by atoms with Crippen molar-refractivity contribution in [3.05, 3.63) is 49.8 Å². The molecule has 2 N–H and O–H groups in total. The van der Waals surface area contributed by atoms with Crippen molar-refractivity contribution < 1.29 is 4.79 Å². The molecule has 5 nitrogen and oxygen atoms in total. The van der Waals surface area contributed by atoms with E-state index in [2.05, 4.69) is 11.9 Å². The number of nitrogens with zero attached hydrogens (tertiary/aromatic N) is 2. The molecule has 0 saturated heterocycles. The van der Waals surface area contributed by atoms with E-state index in [0.29, 0.717) is 27.5 Å². The highest BCUT2D eigenvalue weighted by Crippen LogP contribution is 2.38. The van der Waals surface area contributed by atoms with Crippen LogP contribution in [-0.2, 0) is 11.2 Å². The minimum Gasteiger partial charge on any atom is -0.368 e. The molecule has 0 bridgehead atoms. The predicted octanol–water partition coefficient (Wildman–Crippen LogP) is 4.39. The van der Waals surface area contributed by atoms with E-state index < -0.39 is 11.9 Å². The van der Waals surface area contributed by atoms with Gasteiger partial charge in [0.15, 0.2) is 0 Å². The molecule has 1 aromatic carbocycles. The summed E-state index contributed by atoms with van der Waals surface area (Å²) in [4.78, 5) is 31.7. The number of thiophene rings is 1. The van der Waals surface area contributed by atoms with Crippen LogP contribution >= 0.6 is 22.9 Å². The van der Waals surface area contributed by atoms with E-state index in [9.17, 15) is 9.59 Å². The van der Waals surface area contributed by atoms with E-state index in [4.69, 9.17) is 17.3 Å². The molecule has 0 fully saturated rings. The van der Waals surface area contributed by atoms with Crippen molar-refractivity contribution in [1.29, 1.82) is 0 Å². The summed E-state index contributed by atoms with van der Waals surface area (Å²) in [5.74, 6) is -0.0282. The van der Waals surface area contributed by atoms with E-state index in [-0.39, 0.29) is 5.56 Å². The number of hydrogen-bond donors (Lipinski definition) is 1. The van der Waals surface area contributed by atoms with Gasteiger partial charge in [0.05, 0.1) is 5.39 Å². The molecule has 1 unspecified atom stereocenters. The van der Waals surface area contributed by atoms with Crippen molar-refractivity contribution in [3.63, 3.8) is 0 Å². The van der Waals surface area contributed by atoms with E-state index in [0.717, 1.165) is 28.0 Å². The third-order valence-corrected chi connectivity index (χ3v) is 6.45. The number of fused-ring (bicyclic) bond motifs is 1. The normalized spacial score (nSPS) is 12.5. The summed E-state index contributed by atoms with van der Waals surface area (Å²) in [6, 6.07) is 5.04. The summed E-state index contributed by atoms with van der Waals surface area (Å²) in [5, 5.41) is 1.23. The molecule has 0 aliphatic heterocycles. The van der Waals surface area contributed by atoms with E-state index in [1.807, 2.05) is 32.0 Å². The second kappa shape index (κ2) is 7.44. The maximum atomic E-state index is 13.4. The van der Waals surface area contributed by atoms with Crippen molar-refractivity contribution in [2.45, 2.75) is 46.6 Å². The molecular weight excluding hydrogens is 382 g/mol. The second-order valence-electron chi connectivity index (χ2n) is 6.56. The first kappa shape index (κ1) is 19.6. The molecule has 0 aliphatic rings. The highest BCUT2D eigenvalue weighted by atomic mass is 35.5. The molecule has 2 heterocycles. The number of primary amides is 1. The fourth-order valence-electron chi connectivity index (χ4n) is 3.44. The van der Waals surface area contributed by atoms with Gasteiger partial charge in [0.1, 0.15) is 16.7 Å². The van der Waals surface area contributed by atoms with Crippen molar-refractivity contribution in [3.8, 4) is 11.1 Å². The van der Waals surface area contributed by atoms with Crippen LogP contribution in [0.15, 0.2) is 23.0 Å². The third-order valence-electron chi connectivity index (χ3n) is 4.80. The van der Waals surface area contributed by atoms with Gasteiger partial charge in [0.2, 0.25) is 5.91 Å². The monoisotopic (exact) mass is 403 g/mol. The van der Waals surface area contributed by atoms with Gasteiger partial charge in [-0.2, -0.15) is 0 Å². The molecule has 3 rings (SSSR count). The number of nitrogens with two attached hydrogens (primary N) is 1. The highest BCUT2D eigenvalue weighted by Gasteiger charge is 2.25. The van der Waals surface area contributed by atoms with Gasteiger partial charge >= 0.3 is 0 Å². The summed E-state index contributed by atoms with van der Waals surface area (Å²) in [7, 11) is 0. The van der Waals surface area contributed by atoms with Gasteiger partial charge in [-0.3, -0.25) is 14.2 Å². The van der Waals surface area contributed by atoms with Crippen molar-refractivity contribution in [1.82, 2.24) is 9.55 Å². The Hall–Kier alpha value is -2.18.